The zero-order valence-electron chi connectivity index (χ0n) is 12.1. The number of rotatable bonds is 5. The molecule has 2 N–H and O–H groups in total. The summed E-state index contributed by atoms with van der Waals surface area (Å²) in [5, 5.41) is 12.2. The highest BCUT2D eigenvalue weighted by Crippen LogP contribution is 2.36. The van der Waals surface area contributed by atoms with Crippen LogP contribution in [0.25, 0.3) is 0 Å². The molecule has 0 aromatic carbocycles. The summed E-state index contributed by atoms with van der Waals surface area (Å²) in [6.07, 6.45) is 7.88. The molecule has 2 aliphatic carbocycles. The minimum atomic E-state index is -0.727. The lowest BCUT2D eigenvalue weighted by Crippen LogP contribution is -2.37. The van der Waals surface area contributed by atoms with Gasteiger partial charge in [0, 0.05) is 18.8 Å². The lowest BCUT2D eigenvalue weighted by Gasteiger charge is -2.28. The van der Waals surface area contributed by atoms with Gasteiger partial charge in [-0.3, -0.25) is 9.59 Å². The smallest absolute Gasteiger partial charge is 0.306 e. The largest absolute Gasteiger partial charge is 0.481 e. The van der Waals surface area contributed by atoms with Crippen molar-refractivity contribution in [3.63, 3.8) is 0 Å². The Bertz CT molecular complexity index is 533. The van der Waals surface area contributed by atoms with Gasteiger partial charge in [-0.2, -0.15) is 0 Å². The number of carbonyl (C=O) groups is 2. The Morgan fingerprint density at radius 3 is 2.71 bits per heavy atom. The Balaban J connectivity index is 1.59. The summed E-state index contributed by atoms with van der Waals surface area (Å²) in [7, 11) is 0. The van der Waals surface area contributed by atoms with Crippen molar-refractivity contribution >= 4 is 11.9 Å². The Morgan fingerprint density at radius 1 is 1.24 bits per heavy atom. The molecule has 1 amide bonds. The van der Waals surface area contributed by atoms with Gasteiger partial charge in [-0.15, -0.1) is 0 Å². The minimum absolute atomic E-state index is 0.0598. The van der Waals surface area contributed by atoms with Gasteiger partial charge in [-0.05, 0) is 43.7 Å². The number of carboxylic acid groups (broad SMARTS) is 1. The van der Waals surface area contributed by atoms with Gasteiger partial charge in [-0.25, -0.2) is 0 Å². The predicted molar refractivity (Wildman–Crippen MR) is 78.1 cm³/mol. The van der Waals surface area contributed by atoms with Crippen LogP contribution in [0.1, 0.15) is 55.1 Å². The average molecular weight is 290 g/mol. The number of nitrogens with one attached hydrogen (secondary N) is 1. The average Bonchev–Trinajstić information content (AvgIpc) is 3.22. The van der Waals surface area contributed by atoms with Crippen LogP contribution in [0.4, 0.5) is 0 Å². The molecule has 2 atom stereocenters. The molecule has 2 fully saturated rings. The van der Waals surface area contributed by atoms with Crippen LogP contribution in [0.5, 0.6) is 0 Å². The summed E-state index contributed by atoms with van der Waals surface area (Å²) < 4.78 is 2.03. The van der Waals surface area contributed by atoms with Gasteiger partial charge < -0.3 is 15.0 Å². The first-order valence-electron chi connectivity index (χ1n) is 7.84. The van der Waals surface area contributed by atoms with Crippen molar-refractivity contribution in [3.05, 3.63) is 24.0 Å². The van der Waals surface area contributed by atoms with Crippen LogP contribution in [-0.2, 0) is 4.79 Å². The van der Waals surface area contributed by atoms with Crippen molar-refractivity contribution in [2.75, 3.05) is 6.54 Å². The highest BCUT2D eigenvalue weighted by Gasteiger charge is 2.31. The molecular weight excluding hydrogens is 268 g/mol. The number of nitrogens with zero attached hydrogens (tertiary/aromatic N) is 1. The molecule has 0 spiro atoms. The van der Waals surface area contributed by atoms with Crippen LogP contribution < -0.4 is 5.32 Å². The van der Waals surface area contributed by atoms with Gasteiger partial charge >= 0.3 is 5.97 Å². The third-order valence-corrected chi connectivity index (χ3v) is 4.70. The van der Waals surface area contributed by atoms with E-state index in [-0.39, 0.29) is 17.7 Å². The van der Waals surface area contributed by atoms with Crippen LogP contribution in [0.15, 0.2) is 18.3 Å². The van der Waals surface area contributed by atoms with Crippen LogP contribution in [0, 0.1) is 11.8 Å². The van der Waals surface area contributed by atoms with Crippen molar-refractivity contribution in [2.45, 2.75) is 44.6 Å². The molecule has 3 rings (SSSR count). The number of aliphatic carboxylic acids is 1. The second kappa shape index (κ2) is 5.92. The van der Waals surface area contributed by atoms with Crippen molar-refractivity contribution in [1.29, 1.82) is 0 Å². The van der Waals surface area contributed by atoms with Crippen LogP contribution >= 0.6 is 0 Å². The first-order chi connectivity index (χ1) is 10.2. The van der Waals surface area contributed by atoms with E-state index in [4.69, 9.17) is 0 Å². The molecule has 114 valence electrons. The third-order valence-electron chi connectivity index (χ3n) is 4.70. The molecule has 1 aromatic rings. The van der Waals surface area contributed by atoms with Gasteiger partial charge in [0.15, 0.2) is 0 Å². The van der Waals surface area contributed by atoms with E-state index in [1.807, 2.05) is 22.9 Å². The normalized spacial score (nSPS) is 25.5. The van der Waals surface area contributed by atoms with E-state index in [9.17, 15) is 14.7 Å². The number of aromatic nitrogens is 1. The summed E-state index contributed by atoms with van der Waals surface area (Å²) in [5.74, 6) is -1.06. The Kier molecular flexibility index (Phi) is 3.99. The Hall–Kier alpha value is -1.78. The summed E-state index contributed by atoms with van der Waals surface area (Å²) in [6, 6.07) is 4.21. The molecule has 5 nitrogen and oxygen atoms in total. The quantitative estimate of drug-likeness (QED) is 0.875. The standard InChI is InChI=1S/C16H22N2O3/c19-15(14-6-3-9-18(14)12-7-8-12)17-10-11-4-1-2-5-13(11)16(20)21/h3,6,9,11-13H,1-2,4-5,7-8,10H2,(H,17,19)(H,20,21). The van der Waals surface area contributed by atoms with Crippen LogP contribution in [-0.4, -0.2) is 28.1 Å². The number of hydrogen-bond acceptors (Lipinski definition) is 2. The Labute approximate surface area is 124 Å². The first kappa shape index (κ1) is 14.2. The van der Waals surface area contributed by atoms with Crippen LogP contribution in [0.3, 0.4) is 0 Å². The van der Waals surface area contributed by atoms with Gasteiger partial charge in [0.2, 0.25) is 0 Å². The maximum Gasteiger partial charge on any atom is 0.306 e. The second-order valence-corrected chi connectivity index (χ2v) is 6.23. The van der Waals surface area contributed by atoms with E-state index in [0.29, 0.717) is 18.3 Å². The van der Waals surface area contributed by atoms with Crippen molar-refractivity contribution in [3.8, 4) is 0 Å². The Morgan fingerprint density at radius 2 is 2.00 bits per heavy atom. The van der Waals surface area contributed by atoms with E-state index < -0.39 is 5.97 Å². The molecule has 2 saturated carbocycles. The van der Waals surface area contributed by atoms with Crippen molar-refractivity contribution in [2.24, 2.45) is 11.8 Å². The highest BCUT2D eigenvalue weighted by molar-refractivity contribution is 5.92. The molecule has 5 heteroatoms. The zero-order chi connectivity index (χ0) is 14.8. The molecule has 0 bridgehead atoms. The molecule has 21 heavy (non-hydrogen) atoms. The molecule has 0 saturated heterocycles. The number of amides is 1. The number of hydrogen-bond donors (Lipinski definition) is 2. The number of carboxylic acids is 1. The lowest BCUT2D eigenvalue weighted by atomic mass is 9.79. The molecular formula is C16H22N2O3. The van der Waals surface area contributed by atoms with Crippen LogP contribution in [0.2, 0.25) is 0 Å². The van der Waals surface area contributed by atoms with E-state index >= 15 is 0 Å². The molecule has 0 radical (unpaired) electrons. The molecule has 2 aliphatic rings. The molecule has 0 aliphatic heterocycles. The molecule has 1 heterocycles. The van der Waals surface area contributed by atoms with E-state index in [0.717, 1.165) is 38.5 Å². The predicted octanol–water partition coefficient (Wildman–Crippen LogP) is 2.44. The lowest BCUT2D eigenvalue weighted by molar-refractivity contribution is -0.144. The second-order valence-electron chi connectivity index (χ2n) is 6.23. The SMILES string of the molecule is O=C(NCC1CCCCC1C(=O)O)c1cccn1C1CC1. The van der Waals surface area contributed by atoms with E-state index in [1.54, 1.807) is 0 Å². The maximum absolute atomic E-state index is 12.3. The third kappa shape index (κ3) is 3.12. The maximum atomic E-state index is 12.3. The fraction of sp³-hybridized carbons (Fsp3) is 0.625. The van der Waals surface area contributed by atoms with Gasteiger partial charge in [0.05, 0.1) is 5.92 Å². The topological polar surface area (TPSA) is 71.3 Å². The minimum Gasteiger partial charge on any atom is -0.481 e. The molecule has 2 unspecified atom stereocenters. The van der Waals surface area contributed by atoms with Gasteiger partial charge in [0.1, 0.15) is 5.69 Å². The fourth-order valence-electron chi connectivity index (χ4n) is 3.35. The molecule has 1 aromatic heterocycles. The first-order valence-corrected chi connectivity index (χ1v) is 7.84. The summed E-state index contributed by atoms with van der Waals surface area (Å²) in [6.45, 7) is 0.464. The monoisotopic (exact) mass is 290 g/mol. The van der Waals surface area contributed by atoms with Gasteiger partial charge in [0.25, 0.3) is 5.91 Å². The van der Waals surface area contributed by atoms with Crippen molar-refractivity contribution < 1.29 is 14.7 Å². The van der Waals surface area contributed by atoms with Gasteiger partial charge in [-0.1, -0.05) is 12.8 Å². The summed E-state index contributed by atoms with van der Waals surface area (Å²) in [4.78, 5) is 23.6. The highest BCUT2D eigenvalue weighted by atomic mass is 16.4. The van der Waals surface area contributed by atoms with E-state index in [1.165, 1.54) is 0 Å². The fourth-order valence-corrected chi connectivity index (χ4v) is 3.35. The number of carbonyl (C=O) groups excluding carboxylic acids is 1. The summed E-state index contributed by atoms with van der Waals surface area (Å²) >= 11 is 0. The van der Waals surface area contributed by atoms with E-state index in [2.05, 4.69) is 5.32 Å². The zero-order valence-corrected chi connectivity index (χ0v) is 12.1. The summed E-state index contributed by atoms with van der Waals surface area (Å²) in [5.41, 5.74) is 0.695. The van der Waals surface area contributed by atoms with Crippen molar-refractivity contribution in [1.82, 2.24) is 9.88 Å².